The lowest BCUT2D eigenvalue weighted by Crippen LogP contribution is -2.42. The molecule has 1 saturated heterocycles. The maximum absolute atomic E-state index is 6.15. The van der Waals surface area contributed by atoms with Crippen LogP contribution in [-0.2, 0) is 4.74 Å². The van der Waals surface area contributed by atoms with Crippen LogP contribution in [0.15, 0.2) is 6.20 Å². The summed E-state index contributed by atoms with van der Waals surface area (Å²) in [5, 5.41) is 8.56. The van der Waals surface area contributed by atoms with Crippen molar-refractivity contribution in [2.45, 2.75) is 76.0 Å². The molecule has 2 N–H and O–H groups in total. The quantitative estimate of drug-likeness (QED) is 0.923. The molecule has 112 valence electrons. The Labute approximate surface area is 120 Å². The van der Waals surface area contributed by atoms with Gasteiger partial charge in [0.2, 0.25) is 0 Å². The average Bonchev–Trinajstić information content (AvgIpc) is 2.97. The fourth-order valence-electron chi connectivity index (χ4n) is 3.62. The van der Waals surface area contributed by atoms with Crippen molar-refractivity contribution in [3.63, 3.8) is 0 Å². The van der Waals surface area contributed by atoms with E-state index in [1.165, 1.54) is 32.1 Å². The van der Waals surface area contributed by atoms with E-state index in [1.807, 2.05) is 10.9 Å². The maximum Gasteiger partial charge on any atom is 0.0994 e. The molecule has 20 heavy (non-hydrogen) atoms. The maximum atomic E-state index is 6.15. The molecule has 5 nitrogen and oxygen atoms in total. The van der Waals surface area contributed by atoms with E-state index in [4.69, 9.17) is 10.5 Å². The first kappa shape index (κ1) is 14.0. The van der Waals surface area contributed by atoms with Gasteiger partial charge in [-0.2, -0.15) is 0 Å². The predicted octanol–water partition coefficient (Wildman–Crippen LogP) is 2.74. The van der Waals surface area contributed by atoms with Gasteiger partial charge in [-0.3, -0.25) is 0 Å². The third-order valence-electron chi connectivity index (χ3n) is 4.95. The summed E-state index contributed by atoms with van der Waals surface area (Å²) < 4.78 is 8.18. The number of aromatic nitrogens is 3. The number of nitrogens with zero attached hydrogens (tertiary/aromatic N) is 3. The Morgan fingerprint density at radius 2 is 2.25 bits per heavy atom. The highest BCUT2D eigenvalue weighted by Gasteiger charge is 2.39. The minimum absolute atomic E-state index is 0.00670. The normalized spacial score (nSPS) is 27.6. The molecule has 1 spiro atoms. The summed E-state index contributed by atoms with van der Waals surface area (Å²) in [6.45, 7) is 2.93. The van der Waals surface area contributed by atoms with Gasteiger partial charge in [0.05, 0.1) is 29.6 Å². The fourth-order valence-corrected chi connectivity index (χ4v) is 3.62. The van der Waals surface area contributed by atoms with Crippen molar-refractivity contribution in [1.29, 1.82) is 0 Å². The highest BCUT2D eigenvalue weighted by Crippen LogP contribution is 2.42. The van der Waals surface area contributed by atoms with Gasteiger partial charge in [-0.15, -0.1) is 5.10 Å². The van der Waals surface area contributed by atoms with Crippen molar-refractivity contribution >= 4 is 0 Å². The monoisotopic (exact) mass is 278 g/mol. The molecule has 2 atom stereocenters. The highest BCUT2D eigenvalue weighted by atomic mass is 16.5. The first-order valence-corrected chi connectivity index (χ1v) is 8.04. The van der Waals surface area contributed by atoms with Crippen LogP contribution in [0.2, 0.25) is 0 Å². The van der Waals surface area contributed by atoms with Crippen molar-refractivity contribution in [1.82, 2.24) is 15.0 Å². The van der Waals surface area contributed by atoms with Crippen molar-refractivity contribution in [3.8, 4) is 0 Å². The van der Waals surface area contributed by atoms with Crippen molar-refractivity contribution < 1.29 is 4.74 Å². The average molecular weight is 278 g/mol. The summed E-state index contributed by atoms with van der Waals surface area (Å²) in [6.07, 6.45) is 11.4. The van der Waals surface area contributed by atoms with Crippen molar-refractivity contribution in [2.24, 2.45) is 5.73 Å². The summed E-state index contributed by atoms with van der Waals surface area (Å²) in [5.74, 6) is 0. The van der Waals surface area contributed by atoms with Crippen LogP contribution in [0.3, 0.4) is 0 Å². The lowest BCUT2D eigenvalue weighted by atomic mass is 9.78. The zero-order valence-electron chi connectivity index (χ0n) is 12.4. The van der Waals surface area contributed by atoms with Crippen LogP contribution in [0, 0.1) is 0 Å². The Hall–Kier alpha value is -0.940. The number of hydrogen-bond donors (Lipinski definition) is 1. The molecule has 1 aromatic heterocycles. The number of nitrogens with two attached hydrogens (primary N) is 1. The Morgan fingerprint density at radius 1 is 1.45 bits per heavy atom. The molecule has 2 unspecified atom stereocenters. The second-order valence-electron chi connectivity index (χ2n) is 6.38. The summed E-state index contributed by atoms with van der Waals surface area (Å²) in [7, 11) is 0. The second-order valence-corrected chi connectivity index (χ2v) is 6.38. The Kier molecular flexibility index (Phi) is 4.08. The molecule has 2 fully saturated rings. The van der Waals surface area contributed by atoms with E-state index in [0.717, 1.165) is 31.6 Å². The van der Waals surface area contributed by atoms with Crippen LogP contribution in [0.25, 0.3) is 0 Å². The van der Waals surface area contributed by atoms with Gasteiger partial charge in [0.15, 0.2) is 0 Å². The van der Waals surface area contributed by atoms with Crippen molar-refractivity contribution in [2.75, 3.05) is 6.61 Å². The summed E-state index contributed by atoms with van der Waals surface area (Å²) >= 11 is 0. The van der Waals surface area contributed by atoms with E-state index in [-0.39, 0.29) is 11.6 Å². The standard InChI is InChI=1S/C15H26N4O/c1-2-13(16)14-11-19(18-17-14)12-6-9-20-15(10-12)7-4-3-5-8-15/h11-13H,2-10,16H2,1H3. The van der Waals surface area contributed by atoms with Gasteiger partial charge >= 0.3 is 0 Å². The van der Waals surface area contributed by atoms with Gasteiger partial charge in [-0.25, -0.2) is 4.68 Å². The van der Waals surface area contributed by atoms with E-state index in [9.17, 15) is 0 Å². The molecule has 0 aromatic carbocycles. The number of rotatable bonds is 3. The summed E-state index contributed by atoms with van der Waals surface area (Å²) in [4.78, 5) is 0. The molecule has 1 aromatic rings. The minimum atomic E-state index is 0.00670. The van der Waals surface area contributed by atoms with Crippen LogP contribution in [0.4, 0.5) is 0 Å². The van der Waals surface area contributed by atoms with Crippen LogP contribution >= 0.6 is 0 Å². The Morgan fingerprint density at radius 3 is 3.00 bits per heavy atom. The van der Waals surface area contributed by atoms with Crippen LogP contribution in [0.5, 0.6) is 0 Å². The van der Waals surface area contributed by atoms with Crippen molar-refractivity contribution in [3.05, 3.63) is 11.9 Å². The molecule has 0 bridgehead atoms. The highest BCUT2D eigenvalue weighted by molar-refractivity contribution is 5.01. The SMILES string of the molecule is CCC(N)c1cn(C2CCOC3(CCCCC3)C2)nn1. The van der Waals surface area contributed by atoms with Gasteiger partial charge in [0, 0.05) is 6.61 Å². The molecule has 5 heteroatoms. The molecule has 1 aliphatic heterocycles. The molecule has 1 saturated carbocycles. The molecule has 2 heterocycles. The van der Waals surface area contributed by atoms with E-state index in [0.29, 0.717) is 6.04 Å². The van der Waals surface area contributed by atoms with Gasteiger partial charge in [-0.1, -0.05) is 31.4 Å². The minimum Gasteiger partial charge on any atom is -0.375 e. The van der Waals surface area contributed by atoms with Gasteiger partial charge in [-0.05, 0) is 32.1 Å². The first-order chi connectivity index (χ1) is 9.72. The van der Waals surface area contributed by atoms with Gasteiger partial charge < -0.3 is 10.5 Å². The Bertz CT molecular complexity index is 433. The van der Waals surface area contributed by atoms with Crippen LogP contribution in [-0.4, -0.2) is 27.2 Å². The largest absolute Gasteiger partial charge is 0.375 e. The van der Waals surface area contributed by atoms with Gasteiger partial charge in [0.25, 0.3) is 0 Å². The third kappa shape index (κ3) is 2.74. The molecular weight excluding hydrogens is 252 g/mol. The number of hydrogen-bond acceptors (Lipinski definition) is 4. The summed E-state index contributed by atoms with van der Waals surface area (Å²) in [5.41, 5.74) is 7.06. The predicted molar refractivity (Wildman–Crippen MR) is 77.3 cm³/mol. The molecule has 0 radical (unpaired) electrons. The van der Waals surface area contributed by atoms with E-state index in [1.54, 1.807) is 0 Å². The van der Waals surface area contributed by atoms with Crippen LogP contribution < -0.4 is 5.73 Å². The molecule has 2 aliphatic rings. The van der Waals surface area contributed by atoms with E-state index < -0.39 is 0 Å². The van der Waals surface area contributed by atoms with E-state index in [2.05, 4.69) is 17.2 Å². The summed E-state index contributed by atoms with van der Waals surface area (Å²) in [6, 6.07) is 0.430. The Balaban J connectivity index is 1.71. The molecule has 3 rings (SSSR count). The second kappa shape index (κ2) is 5.82. The van der Waals surface area contributed by atoms with Gasteiger partial charge in [0.1, 0.15) is 0 Å². The lowest BCUT2D eigenvalue weighted by Gasteiger charge is -2.43. The van der Waals surface area contributed by atoms with Crippen LogP contribution in [0.1, 0.15) is 76.1 Å². The zero-order valence-corrected chi connectivity index (χ0v) is 12.4. The van der Waals surface area contributed by atoms with E-state index >= 15 is 0 Å². The smallest absolute Gasteiger partial charge is 0.0994 e. The first-order valence-electron chi connectivity index (χ1n) is 8.04. The zero-order chi connectivity index (χ0) is 14.0. The number of ether oxygens (including phenoxy) is 1. The molecule has 1 aliphatic carbocycles. The molecule has 0 amide bonds. The lowest BCUT2D eigenvalue weighted by molar-refractivity contribution is -0.115. The third-order valence-corrected chi connectivity index (χ3v) is 4.95. The molecular formula is C15H26N4O. The topological polar surface area (TPSA) is 66.0 Å². The fraction of sp³-hybridized carbons (Fsp3) is 0.867.